The molecule has 1 aromatic carbocycles. The molecule has 1 N–H and O–H groups in total. The number of nitrogens with one attached hydrogen (secondary N) is 1. The largest absolute Gasteiger partial charge is 0.456 e. The van der Waals surface area contributed by atoms with Gasteiger partial charge in [-0.2, -0.15) is 17.5 Å². The standard InChI is InChI=1S/C16H11ClF3N3O2S/c1-8-11(9-3-2-4-10(5-9)16(18,19)20)6-12(25-8)14(24)22-15-21-13(7-17)23-26-15/h2-6H,7H2,1H3,(H,21,22,23,24). The van der Waals surface area contributed by atoms with Crippen molar-refractivity contribution in [2.24, 2.45) is 0 Å². The number of amides is 1. The van der Waals surface area contributed by atoms with E-state index in [4.69, 9.17) is 16.0 Å². The van der Waals surface area contributed by atoms with E-state index < -0.39 is 17.6 Å². The number of aryl methyl sites for hydroxylation is 1. The summed E-state index contributed by atoms with van der Waals surface area (Å²) in [5.41, 5.74) is -0.0653. The topological polar surface area (TPSA) is 68.0 Å². The Balaban J connectivity index is 1.86. The Morgan fingerprint density at radius 2 is 2.12 bits per heavy atom. The average Bonchev–Trinajstić information content (AvgIpc) is 3.20. The van der Waals surface area contributed by atoms with E-state index >= 15 is 0 Å². The van der Waals surface area contributed by atoms with Crippen molar-refractivity contribution in [1.82, 2.24) is 9.36 Å². The second-order valence-corrected chi connectivity index (χ2v) is 6.28. The van der Waals surface area contributed by atoms with Crippen LogP contribution < -0.4 is 5.32 Å². The lowest BCUT2D eigenvalue weighted by Gasteiger charge is -2.08. The fraction of sp³-hybridized carbons (Fsp3) is 0.188. The molecule has 0 saturated carbocycles. The molecule has 10 heteroatoms. The Kier molecular flexibility index (Phi) is 5.01. The van der Waals surface area contributed by atoms with Crippen molar-refractivity contribution < 1.29 is 22.4 Å². The third-order valence-electron chi connectivity index (χ3n) is 3.45. The van der Waals surface area contributed by atoms with Crippen molar-refractivity contribution in [3.63, 3.8) is 0 Å². The van der Waals surface area contributed by atoms with Crippen LogP contribution >= 0.6 is 23.1 Å². The normalized spacial score (nSPS) is 11.6. The smallest absolute Gasteiger partial charge is 0.416 e. The molecule has 2 heterocycles. The fourth-order valence-electron chi connectivity index (χ4n) is 2.26. The molecule has 0 aliphatic heterocycles. The summed E-state index contributed by atoms with van der Waals surface area (Å²) < 4.78 is 48.0. The SMILES string of the molecule is Cc1oc(C(=O)Nc2nc(CCl)ns2)cc1-c1cccc(C(F)(F)F)c1. The lowest BCUT2D eigenvalue weighted by Crippen LogP contribution is -2.10. The van der Waals surface area contributed by atoms with Gasteiger partial charge in [0.05, 0.1) is 11.4 Å². The Morgan fingerprint density at radius 3 is 2.77 bits per heavy atom. The maximum atomic E-state index is 12.9. The molecule has 0 fully saturated rings. The summed E-state index contributed by atoms with van der Waals surface area (Å²) in [4.78, 5) is 16.3. The highest BCUT2D eigenvalue weighted by Gasteiger charge is 2.30. The first-order chi connectivity index (χ1) is 12.3. The number of furan rings is 1. The summed E-state index contributed by atoms with van der Waals surface area (Å²) in [6, 6.07) is 6.21. The number of rotatable bonds is 4. The molecule has 0 spiro atoms. The summed E-state index contributed by atoms with van der Waals surface area (Å²) >= 11 is 6.57. The van der Waals surface area contributed by atoms with Crippen LogP contribution in [0.5, 0.6) is 0 Å². The minimum absolute atomic E-state index is 0.0439. The first kappa shape index (κ1) is 18.4. The Bertz CT molecular complexity index is 952. The molecule has 2 aromatic heterocycles. The first-order valence-corrected chi connectivity index (χ1v) is 8.56. The number of nitrogens with zero attached hydrogens (tertiary/aromatic N) is 2. The van der Waals surface area contributed by atoms with Gasteiger partial charge in [-0.15, -0.1) is 11.6 Å². The van der Waals surface area contributed by atoms with Gasteiger partial charge in [0, 0.05) is 17.1 Å². The van der Waals surface area contributed by atoms with Gasteiger partial charge in [-0.3, -0.25) is 10.1 Å². The highest BCUT2D eigenvalue weighted by atomic mass is 35.5. The Hall–Kier alpha value is -2.39. The van der Waals surface area contributed by atoms with E-state index in [2.05, 4.69) is 14.7 Å². The van der Waals surface area contributed by atoms with Crippen LogP contribution in [0.1, 0.15) is 27.7 Å². The zero-order chi connectivity index (χ0) is 18.9. The molecule has 0 bridgehead atoms. The molecule has 5 nitrogen and oxygen atoms in total. The van der Waals surface area contributed by atoms with Crippen LogP contribution in [0.2, 0.25) is 0 Å². The minimum atomic E-state index is -4.45. The molecule has 0 aliphatic rings. The maximum absolute atomic E-state index is 12.9. The minimum Gasteiger partial charge on any atom is -0.456 e. The molecule has 0 saturated heterocycles. The first-order valence-electron chi connectivity index (χ1n) is 7.26. The zero-order valence-electron chi connectivity index (χ0n) is 13.2. The van der Waals surface area contributed by atoms with E-state index in [-0.39, 0.29) is 16.8 Å². The summed E-state index contributed by atoms with van der Waals surface area (Å²) in [5.74, 6) is 0.202. The predicted octanol–water partition coefficient (Wildman–Crippen LogP) is 5.12. The molecule has 1 amide bonds. The van der Waals surface area contributed by atoms with Crippen LogP contribution in [-0.2, 0) is 12.1 Å². The van der Waals surface area contributed by atoms with Crippen molar-refractivity contribution in [1.29, 1.82) is 0 Å². The monoisotopic (exact) mass is 401 g/mol. The van der Waals surface area contributed by atoms with Gasteiger partial charge in [0.2, 0.25) is 5.13 Å². The number of benzene rings is 1. The molecule has 136 valence electrons. The van der Waals surface area contributed by atoms with Crippen molar-refractivity contribution in [2.45, 2.75) is 19.0 Å². The highest BCUT2D eigenvalue weighted by molar-refractivity contribution is 7.09. The van der Waals surface area contributed by atoms with Crippen LogP contribution in [0, 0.1) is 6.92 Å². The summed E-state index contributed by atoms with van der Waals surface area (Å²) in [5, 5.41) is 2.76. The zero-order valence-corrected chi connectivity index (χ0v) is 14.8. The van der Waals surface area contributed by atoms with Gasteiger partial charge in [-0.1, -0.05) is 12.1 Å². The average molecular weight is 402 g/mol. The van der Waals surface area contributed by atoms with Gasteiger partial charge in [0.1, 0.15) is 5.76 Å². The maximum Gasteiger partial charge on any atom is 0.416 e. The van der Waals surface area contributed by atoms with Crippen LogP contribution in [0.4, 0.5) is 18.3 Å². The lowest BCUT2D eigenvalue weighted by molar-refractivity contribution is -0.137. The van der Waals surface area contributed by atoms with Gasteiger partial charge in [-0.05, 0) is 30.7 Å². The highest BCUT2D eigenvalue weighted by Crippen LogP contribution is 2.34. The fourth-order valence-corrected chi connectivity index (χ4v) is 3.03. The van der Waals surface area contributed by atoms with E-state index in [0.717, 1.165) is 23.7 Å². The number of anilines is 1. The van der Waals surface area contributed by atoms with Gasteiger partial charge in [0.25, 0.3) is 5.91 Å². The number of alkyl halides is 4. The van der Waals surface area contributed by atoms with E-state index in [1.54, 1.807) is 6.92 Å². The van der Waals surface area contributed by atoms with Gasteiger partial charge in [0.15, 0.2) is 11.6 Å². The van der Waals surface area contributed by atoms with Crippen molar-refractivity contribution >= 4 is 34.2 Å². The third-order valence-corrected chi connectivity index (χ3v) is 4.36. The van der Waals surface area contributed by atoms with Gasteiger partial charge in [-0.25, -0.2) is 4.98 Å². The van der Waals surface area contributed by atoms with E-state index in [9.17, 15) is 18.0 Å². The molecule has 0 unspecified atom stereocenters. The molecule has 0 atom stereocenters. The van der Waals surface area contributed by atoms with Crippen LogP contribution in [0.25, 0.3) is 11.1 Å². The van der Waals surface area contributed by atoms with E-state index in [0.29, 0.717) is 22.7 Å². The molecular formula is C16H11ClF3N3O2S. The van der Waals surface area contributed by atoms with Crippen molar-refractivity contribution in [3.8, 4) is 11.1 Å². The van der Waals surface area contributed by atoms with Crippen LogP contribution in [0.15, 0.2) is 34.7 Å². The van der Waals surface area contributed by atoms with E-state index in [1.807, 2.05) is 0 Å². The number of hydrogen-bond donors (Lipinski definition) is 1. The Labute approximate surface area is 155 Å². The van der Waals surface area contributed by atoms with Crippen LogP contribution in [-0.4, -0.2) is 15.3 Å². The Morgan fingerprint density at radius 1 is 1.35 bits per heavy atom. The molecule has 3 rings (SSSR count). The number of halogens is 4. The van der Waals surface area contributed by atoms with E-state index in [1.165, 1.54) is 18.2 Å². The number of hydrogen-bond acceptors (Lipinski definition) is 5. The summed E-state index contributed by atoms with van der Waals surface area (Å²) in [6.45, 7) is 1.57. The lowest BCUT2D eigenvalue weighted by atomic mass is 10.0. The van der Waals surface area contributed by atoms with Crippen molar-refractivity contribution in [3.05, 3.63) is 53.2 Å². The molecule has 0 aliphatic carbocycles. The second-order valence-electron chi connectivity index (χ2n) is 5.26. The molecular weight excluding hydrogens is 391 g/mol. The number of carbonyl (C=O) groups excluding carboxylic acids is 1. The number of aromatic nitrogens is 2. The molecule has 26 heavy (non-hydrogen) atoms. The summed E-state index contributed by atoms with van der Waals surface area (Å²) in [6.07, 6.45) is -4.45. The van der Waals surface area contributed by atoms with Gasteiger partial charge < -0.3 is 4.42 Å². The van der Waals surface area contributed by atoms with Gasteiger partial charge >= 0.3 is 6.18 Å². The number of carbonyl (C=O) groups is 1. The quantitative estimate of drug-likeness (QED) is 0.616. The van der Waals surface area contributed by atoms with Crippen LogP contribution in [0.3, 0.4) is 0 Å². The third kappa shape index (κ3) is 3.88. The molecule has 0 radical (unpaired) electrons. The predicted molar refractivity (Wildman–Crippen MR) is 91.3 cm³/mol. The summed E-state index contributed by atoms with van der Waals surface area (Å²) in [7, 11) is 0. The second kappa shape index (κ2) is 7.08. The van der Waals surface area contributed by atoms with Crippen molar-refractivity contribution in [2.75, 3.05) is 5.32 Å². The molecule has 3 aromatic rings.